The molecule has 7 heteroatoms. The van der Waals surface area contributed by atoms with Crippen LogP contribution in [-0.2, 0) is 6.54 Å². The number of hydrogen-bond acceptors (Lipinski definition) is 5. The maximum atomic E-state index is 11.3. The van der Waals surface area contributed by atoms with E-state index in [-0.39, 0.29) is 18.7 Å². The summed E-state index contributed by atoms with van der Waals surface area (Å²) in [6, 6.07) is 1.05. The second kappa shape index (κ2) is 4.09. The first-order valence-electron chi connectivity index (χ1n) is 4.17. The van der Waals surface area contributed by atoms with E-state index in [1.54, 1.807) is 0 Å². The van der Waals surface area contributed by atoms with Crippen LogP contribution in [0.25, 0.3) is 0 Å². The van der Waals surface area contributed by atoms with Crippen LogP contribution in [0.15, 0.2) is 10.9 Å². The number of nitro groups is 1. The normalized spacial score (nSPS) is 10.3. The Labute approximate surface area is 84.4 Å². The Balaban J connectivity index is 3.49. The van der Waals surface area contributed by atoms with Gasteiger partial charge < -0.3 is 10.2 Å². The van der Waals surface area contributed by atoms with Crippen molar-refractivity contribution in [1.29, 1.82) is 0 Å². The van der Waals surface area contributed by atoms with Crippen LogP contribution in [0.4, 0.5) is 5.69 Å². The SMILES string of the molecule is Cc1cc(=O)n(CCO)c(O)c1[N+](=O)[O-]. The number of aromatic hydroxyl groups is 1. The molecule has 1 heterocycles. The Morgan fingerprint density at radius 2 is 2.20 bits per heavy atom. The number of nitrogens with zero attached hydrogens (tertiary/aromatic N) is 2. The van der Waals surface area contributed by atoms with Crippen molar-refractivity contribution in [2.75, 3.05) is 6.61 Å². The number of aromatic nitrogens is 1. The van der Waals surface area contributed by atoms with Gasteiger partial charge in [0.25, 0.3) is 11.4 Å². The molecule has 15 heavy (non-hydrogen) atoms. The summed E-state index contributed by atoms with van der Waals surface area (Å²) in [5.74, 6) is -0.723. The van der Waals surface area contributed by atoms with Gasteiger partial charge in [-0.15, -0.1) is 0 Å². The lowest BCUT2D eigenvalue weighted by Crippen LogP contribution is -2.22. The molecule has 0 saturated heterocycles. The highest BCUT2D eigenvalue weighted by Gasteiger charge is 2.21. The summed E-state index contributed by atoms with van der Waals surface area (Å²) in [5, 5.41) is 28.7. The summed E-state index contributed by atoms with van der Waals surface area (Å²) in [6.45, 7) is 0.808. The zero-order valence-electron chi connectivity index (χ0n) is 8.01. The monoisotopic (exact) mass is 214 g/mol. The molecule has 2 N–H and O–H groups in total. The van der Waals surface area contributed by atoms with E-state index in [2.05, 4.69) is 0 Å². The van der Waals surface area contributed by atoms with Crippen LogP contribution in [0.5, 0.6) is 5.88 Å². The minimum atomic E-state index is -0.766. The molecule has 0 saturated carbocycles. The van der Waals surface area contributed by atoms with Crippen LogP contribution in [-0.4, -0.2) is 26.3 Å². The number of pyridine rings is 1. The van der Waals surface area contributed by atoms with E-state index in [1.165, 1.54) is 6.92 Å². The van der Waals surface area contributed by atoms with Gasteiger partial charge in [-0.1, -0.05) is 0 Å². The van der Waals surface area contributed by atoms with Crippen molar-refractivity contribution in [3.63, 3.8) is 0 Å². The van der Waals surface area contributed by atoms with Crippen LogP contribution in [0, 0.1) is 17.0 Å². The van der Waals surface area contributed by atoms with Crippen molar-refractivity contribution in [2.24, 2.45) is 0 Å². The summed E-state index contributed by atoms with van der Waals surface area (Å²) in [4.78, 5) is 21.1. The van der Waals surface area contributed by atoms with E-state index < -0.39 is 22.0 Å². The van der Waals surface area contributed by atoms with Crippen LogP contribution >= 0.6 is 0 Å². The van der Waals surface area contributed by atoms with E-state index in [9.17, 15) is 20.0 Å². The second-order valence-electron chi connectivity index (χ2n) is 2.97. The van der Waals surface area contributed by atoms with Gasteiger partial charge >= 0.3 is 5.69 Å². The zero-order chi connectivity index (χ0) is 11.6. The second-order valence-corrected chi connectivity index (χ2v) is 2.97. The third-order valence-electron chi connectivity index (χ3n) is 1.95. The number of rotatable bonds is 3. The number of hydrogen-bond donors (Lipinski definition) is 2. The average molecular weight is 214 g/mol. The summed E-state index contributed by atoms with van der Waals surface area (Å²) in [5.41, 5.74) is -0.996. The fourth-order valence-electron chi connectivity index (χ4n) is 1.28. The lowest BCUT2D eigenvalue weighted by molar-refractivity contribution is -0.387. The number of aryl methyl sites for hydroxylation is 1. The molecule has 0 aliphatic carbocycles. The third-order valence-corrected chi connectivity index (χ3v) is 1.95. The van der Waals surface area contributed by atoms with Gasteiger partial charge in [-0.2, -0.15) is 0 Å². The number of aliphatic hydroxyl groups excluding tert-OH is 1. The van der Waals surface area contributed by atoms with Gasteiger partial charge in [-0.3, -0.25) is 19.5 Å². The highest BCUT2D eigenvalue weighted by molar-refractivity contribution is 5.47. The van der Waals surface area contributed by atoms with Crippen LogP contribution in [0.3, 0.4) is 0 Å². The maximum Gasteiger partial charge on any atom is 0.332 e. The highest BCUT2D eigenvalue weighted by Crippen LogP contribution is 2.26. The van der Waals surface area contributed by atoms with Crippen LogP contribution < -0.4 is 5.56 Å². The smallest absolute Gasteiger partial charge is 0.332 e. The quantitative estimate of drug-likeness (QED) is 0.533. The van der Waals surface area contributed by atoms with E-state index >= 15 is 0 Å². The molecule has 0 atom stereocenters. The Morgan fingerprint density at radius 1 is 1.60 bits per heavy atom. The van der Waals surface area contributed by atoms with E-state index in [4.69, 9.17) is 5.11 Å². The summed E-state index contributed by atoms with van der Waals surface area (Å²) < 4.78 is 0.755. The van der Waals surface area contributed by atoms with Crippen molar-refractivity contribution in [2.45, 2.75) is 13.5 Å². The molecule has 0 radical (unpaired) electrons. The predicted octanol–water partition coefficient (Wildman–Crippen LogP) is -0.237. The Kier molecular flexibility index (Phi) is 3.05. The van der Waals surface area contributed by atoms with Gasteiger partial charge in [0.2, 0.25) is 0 Å². The first-order chi connectivity index (χ1) is 6.99. The molecule has 1 rings (SSSR count). The molecule has 1 aromatic rings. The molecule has 0 unspecified atom stereocenters. The topological polar surface area (TPSA) is 106 Å². The molecule has 0 fully saturated rings. The largest absolute Gasteiger partial charge is 0.490 e. The molecule has 1 aromatic heterocycles. The lowest BCUT2D eigenvalue weighted by atomic mass is 10.2. The van der Waals surface area contributed by atoms with Crippen molar-refractivity contribution in [1.82, 2.24) is 4.57 Å². The molecule has 0 aliphatic heterocycles. The van der Waals surface area contributed by atoms with Crippen LogP contribution in [0.2, 0.25) is 0 Å². The van der Waals surface area contributed by atoms with E-state index in [1.807, 2.05) is 0 Å². The maximum absolute atomic E-state index is 11.3. The van der Waals surface area contributed by atoms with Gasteiger partial charge in [0.05, 0.1) is 18.1 Å². The zero-order valence-corrected chi connectivity index (χ0v) is 8.01. The Bertz CT molecular complexity index is 451. The molecule has 0 aliphatic rings. The summed E-state index contributed by atoms with van der Waals surface area (Å²) in [7, 11) is 0. The molecule has 82 valence electrons. The molecule has 0 spiro atoms. The lowest BCUT2D eigenvalue weighted by Gasteiger charge is -2.07. The van der Waals surface area contributed by atoms with Gasteiger partial charge in [0, 0.05) is 11.6 Å². The van der Waals surface area contributed by atoms with Crippen molar-refractivity contribution < 1.29 is 15.1 Å². The van der Waals surface area contributed by atoms with Gasteiger partial charge in [-0.25, -0.2) is 0 Å². The fraction of sp³-hybridized carbons (Fsp3) is 0.375. The molecular formula is C8H10N2O5. The predicted molar refractivity (Wildman–Crippen MR) is 50.8 cm³/mol. The molecule has 0 aromatic carbocycles. The first-order valence-corrected chi connectivity index (χ1v) is 4.17. The van der Waals surface area contributed by atoms with Crippen molar-refractivity contribution in [3.05, 3.63) is 32.1 Å². The molecular weight excluding hydrogens is 204 g/mol. The Hall–Kier alpha value is -1.89. The van der Waals surface area contributed by atoms with Crippen molar-refractivity contribution in [3.8, 4) is 5.88 Å². The summed E-state index contributed by atoms with van der Waals surface area (Å²) in [6.07, 6.45) is 0. The molecule has 0 bridgehead atoms. The fourth-order valence-corrected chi connectivity index (χ4v) is 1.28. The minimum Gasteiger partial charge on any atom is -0.490 e. The van der Waals surface area contributed by atoms with E-state index in [0.29, 0.717) is 0 Å². The Morgan fingerprint density at radius 3 is 2.67 bits per heavy atom. The standard InChI is InChI=1S/C8H10N2O5/c1-5-4-6(12)9(2-3-11)8(13)7(5)10(14)15/h4,11,13H,2-3H2,1H3. The van der Waals surface area contributed by atoms with Crippen molar-refractivity contribution >= 4 is 5.69 Å². The minimum absolute atomic E-state index is 0.0942. The highest BCUT2D eigenvalue weighted by atomic mass is 16.6. The number of aliphatic hydroxyl groups is 1. The van der Waals surface area contributed by atoms with Crippen LogP contribution in [0.1, 0.15) is 5.56 Å². The van der Waals surface area contributed by atoms with Gasteiger partial charge in [0.15, 0.2) is 0 Å². The first kappa shape index (κ1) is 11.2. The van der Waals surface area contributed by atoms with Gasteiger partial charge in [-0.05, 0) is 6.92 Å². The summed E-state index contributed by atoms with van der Waals surface area (Å²) >= 11 is 0. The average Bonchev–Trinajstić information content (AvgIpc) is 2.11. The molecule has 7 nitrogen and oxygen atoms in total. The van der Waals surface area contributed by atoms with E-state index in [0.717, 1.165) is 10.6 Å². The third kappa shape index (κ3) is 1.96. The molecule has 0 amide bonds. The van der Waals surface area contributed by atoms with Gasteiger partial charge in [0.1, 0.15) is 0 Å².